The summed E-state index contributed by atoms with van der Waals surface area (Å²) in [5, 5.41) is 20.5. The third-order valence-corrected chi connectivity index (χ3v) is 7.91. The molecule has 296 valence electrons. The summed E-state index contributed by atoms with van der Waals surface area (Å²) in [5.74, 6) is 0.892. The zero-order valence-corrected chi connectivity index (χ0v) is 33.5. The highest BCUT2D eigenvalue weighted by atomic mass is 16.9. The molecule has 0 spiro atoms. The maximum atomic E-state index is 12.4. The first-order valence-corrected chi connectivity index (χ1v) is 19.2. The van der Waals surface area contributed by atoms with Gasteiger partial charge in [0.05, 0.1) is 30.2 Å². The van der Waals surface area contributed by atoms with Crippen molar-refractivity contribution < 1.29 is 24.2 Å². The quantitative estimate of drug-likeness (QED) is 0.0403. The molecule has 1 saturated heterocycles. The van der Waals surface area contributed by atoms with Crippen LogP contribution in [0.15, 0.2) is 23.0 Å². The van der Waals surface area contributed by atoms with E-state index in [9.17, 15) is 19.7 Å². The smallest absolute Gasteiger partial charge is 0.305 e. The van der Waals surface area contributed by atoms with Crippen LogP contribution in [0.1, 0.15) is 129 Å². The number of likely N-dealkylation sites (tertiary alicyclic amines) is 1. The predicted molar refractivity (Wildman–Crippen MR) is 210 cm³/mol. The van der Waals surface area contributed by atoms with Crippen LogP contribution >= 0.6 is 0 Å². The first kappa shape index (κ1) is 48.2. The van der Waals surface area contributed by atoms with Crippen LogP contribution in [0, 0.1) is 22.4 Å². The molecule has 0 radical (unpaired) electrons. The van der Waals surface area contributed by atoms with Gasteiger partial charge in [0.15, 0.2) is 0 Å². The van der Waals surface area contributed by atoms with E-state index in [1.165, 1.54) is 31.2 Å². The lowest BCUT2D eigenvalue weighted by molar-refractivity contribution is -0.757. The Bertz CT molecular complexity index is 1340. The van der Waals surface area contributed by atoms with Gasteiger partial charge < -0.3 is 34.9 Å². The maximum absolute atomic E-state index is 12.4. The Kier molecular flexibility index (Phi) is 27.5. The van der Waals surface area contributed by atoms with Crippen molar-refractivity contribution in [3.8, 4) is 17.1 Å². The Balaban J connectivity index is 0.000000848. The Morgan fingerprint density at radius 2 is 1.65 bits per heavy atom. The molecule has 0 atom stereocenters. The summed E-state index contributed by atoms with van der Waals surface area (Å²) >= 11 is 0. The van der Waals surface area contributed by atoms with Crippen LogP contribution in [0.25, 0.3) is 11.4 Å². The SMILES string of the molecule is CCCC.CCCC.CCCC(=N)c1nc(-c2cc(CCC)ccc2OCC)[nH]c(=O)c1C.CN1CC(NCCOC(=O)CCCCO[N+](=O)[O-])C1. The monoisotopic (exact) mass is 733 g/mol. The summed E-state index contributed by atoms with van der Waals surface area (Å²) in [6.45, 7) is 20.2. The van der Waals surface area contributed by atoms with Gasteiger partial charge in [0, 0.05) is 37.7 Å². The lowest BCUT2D eigenvalue weighted by Crippen LogP contribution is -2.56. The van der Waals surface area contributed by atoms with E-state index in [-0.39, 0.29) is 24.6 Å². The lowest BCUT2D eigenvalue weighted by atomic mass is 10.0. The molecule has 3 rings (SSSR count). The number of hydrogen-bond acceptors (Lipinski definition) is 11. The molecule has 1 aromatic carbocycles. The van der Waals surface area contributed by atoms with Crippen molar-refractivity contribution in [3.05, 3.63) is 55.5 Å². The summed E-state index contributed by atoms with van der Waals surface area (Å²) in [6.07, 6.45) is 10.00. The summed E-state index contributed by atoms with van der Waals surface area (Å²) < 4.78 is 10.8. The number of aromatic amines is 1. The van der Waals surface area contributed by atoms with E-state index in [4.69, 9.17) is 14.9 Å². The molecule has 13 heteroatoms. The Morgan fingerprint density at radius 1 is 1.00 bits per heavy atom. The molecule has 1 aliphatic rings. The average Bonchev–Trinajstić information content (AvgIpc) is 3.11. The number of hydrogen-bond donors (Lipinski definition) is 3. The zero-order valence-electron chi connectivity index (χ0n) is 33.5. The first-order chi connectivity index (χ1) is 24.9. The number of rotatable bonds is 20. The number of H-pyrrole nitrogens is 1. The van der Waals surface area contributed by atoms with Gasteiger partial charge in [0.2, 0.25) is 0 Å². The third-order valence-electron chi connectivity index (χ3n) is 7.91. The molecular formula is C39H68N6O7. The van der Waals surface area contributed by atoms with E-state index in [0.29, 0.717) is 73.6 Å². The van der Waals surface area contributed by atoms with E-state index < -0.39 is 5.09 Å². The number of esters is 1. The molecule has 0 bridgehead atoms. The molecule has 0 aliphatic carbocycles. The maximum Gasteiger partial charge on any atom is 0.305 e. The summed E-state index contributed by atoms with van der Waals surface area (Å²) in [4.78, 5) is 47.3. The molecular weight excluding hydrogens is 664 g/mol. The van der Waals surface area contributed by atoms with Crippen LogP contribution < -0.4 is 15.6 Å². The minimum absolute atomic E-state index is 0.0248. The second kappa shape index (κ2) is 29.7. The van der Waals surface area contributed by atoms with Crippen molar-refractivity contribution in [3.63, 3.8) is 0 Å². The zero-order chi connectivity index (χ0) is 39.3. The van der Waals surface area contributed by atoms with Crippen molar-refractivity contribution >= 4 is 11.7 Å². The van der Waals surface area contributed by atoms with Crippen molar-refractivity contribution in [2.75, 3.05) is 46.5 Å². The van der Waals surface area contributed by atoms with Gasteiger partial charge in [0.1, 0.15) is 18.2 Å². The largest absolute Gasteiger partial charge is 0.493 e. The van der Waals surface area contributed by atoms with Gasteiger partial charge in [-0.2, -0.15) is 0 Å². The van der Waals surface area contributed by atoms with Crippen molar-refractivity contribution in [2.24, 2.45) is 0 Å². The van der Waals surface area contributed by atoms with Gasteiger partial charge in [-0.1, -0.05) is 86.1 Å². The molecule has 3 N–H and O–H groups in total. The van der Waals surface area contributed by atoms with E-state index in [1.54, 1.807) is 6.92 Å². The summed E-state index contributed by atoms with van der Waals surface area (Å²) in [6, 6.07) is 6.50. The Morgan fingerprint density at radius 3 is 2.19 bits per heavy atom. The van der Waals surface area contributed by atoms with Gasteiger partial charge in [0.25, 0.3) is 10.6 Å². The van der Waals surface area contributed by atoms with Gasteiger partial charge in [-0.15, -0.1) is 10.1 Å². The second-order valence-corrected chi connectivity index (χ2v) is 12.7. The van der Waals surface area contributed by atoms with Crippen LogP contribution in [0.3, 0.4) is 0 Å². The standard InChI is InChI=1S/C20H27N3O2.C11H21N3O5.2C4H10/c1-5-8-14-10-11-17(25-7-3)15(12-14)19-22-18(16(21)9-6-2)13(4)20(24)23-19;1-13-8-10(9-13)12-5-7-18-11(15)4-2-3-6-19-14(16)17;2*1-3-4-2/h10-12,21H,5-9H2,1-4H3,(H,22,23,24);10,12H,2-9H2,1H3;2*3-4H2,1-2H3. The number of nitrogens with one attached hydrogen (secondary N) is 3. The molecule has 0 amide bonds. The number of aryl methyl sites for hydroxylation is 1. The summed E-state index contributed by atoms with van der Waals surface area (Å²) in [5.41, 5.74) is 3.11. The molecule has 2 aromatic rings. The number of likely N-dealkylation sites (N-methyl/N-ethyl adjacent to an activating group) is 1. The average molecular weight is 733 g/mol. The van der Waals surface area contributed by atoms with E-state index >= 15 is 0 Å². The van der Waals surface area contributed by atoms with Crippen molar-refractivity contribution in [1.82, 2.24) is 20.2 Å². The van der Waals surface area contributed by atoms with Crippen LogP contribution in [0.4, 0.5) is 0 Å². The number of nitrogens with zero attached hydrogens (tertiary/aromatic N) is 3. The molecule has 1 fully saturated rings. The summed E-state index contributed by atoms with van der Waals surface area (Å²) in [7, 11) is 2.06. The molecule has 0 saturated carbocycles. The Hall–Kier alpha value is -3.84. The first-order valence-electron chi connectivity index (χ1n) is 19.2. The molecule has 13 nitrogen and oxygen atoms in total. The predicted octanol–water partition coefficient (Wildman–Crippen LogP) is 7.69. The highest BCUT2D eigenvalue weighted by Crippen LogP contribution is 2.29. The molecule has 1 aromatic heterocycles. The topological polar surface area (TPSA) is 173 Å². The van der Waals surface area contributed by atoms with Gasteiger partial charge in [-0.25, -0.2) is 4.98 Å². The van der Waals surface area contributed by atoms with Gasteiger partial charge >= 0.3 is 5.97 Å². The molecule has 0 unspecified atom stereocenters. The molecule has 2 heterocycles. The number of benzene rings is 1. The third kappa shape index (κ3) is 20.9. The van der Waals surface area contributed by atoms with Crippen LogP contribution in [-0.2, 0) is 20.8 Å². The minimum Gasteiger partial charge on any atom is -0.493 e. The highest BCUT2D eigenvalue weighted by Gasteiger charge is 2.22. The van der Waals surface area contributed by atoms with Gasteiger partial charge in [-0.3, -0.25) is 9.59 Å². The minimum atomic E-state index is -0.831. The van der Waals surface area contributed by atoms with E-state index in [1.807, 2.05) is 32.0 Å². The fraction of sp³-hybridized carbons (Fsp3) is 0.692. The normalized spacial score (nSPS) is 12.1. The van der Waals surface area contributed by atoms with Gasteiger partial charge in [-0.05, 0) is 64.3 Å². The lowest BCUT2D eigenvalue weighted by Gasteiger charge is -2.36. The number of carbonyl (C=O) groups is 1. The molecule has 1 aliphatic heterocycles. The Labute approximate surface area is 312 Å². The fourth-order valence-corrected chi connectivity index (χ4v) is 4.65. The fourth-order valence-electron chi connectivity index (χ4n) is 4.65. The second-order valence-electron chi connectivity index (χ2n) is 12.7. The number of carbonyl (C=O) groups excluding carboxylic acids is 1. The van der Waals surface area contributed by atoms with Crippen LogP contribution in [0.2, 0.25) is 0 Å². The highest BCUT2D eigenvalue weighted by molar-refractivity contribution is 5.97. The van der Waals surface area contributed by atoms with E-state index in [0.717, 1.165) is 37.9 Å². The van der Waals surface area contributed by atoms with Crippen molar-refractivity contribution in [2.45, 2.75) is 132 Å². The van der Waals surface area contributed by atoms with Crippen LogP contribution in [-0.4, -0.2) is 84.2 Å². The number of ether oxygens (including phenoxy) is 2. The molecule has 52 heavy (non-hydrogen) atoms. The van der Waals surface area contributed by atoms with Crippen LogP contribution in [0.5, 0.6) is 5.75 Å². The number of aromatic nitrogens is 2. The van der Waals surface area contributed by atoms with Crippen molar-refractivity contribution in [1.29, 1.82) is 5.41 Å². The number of unbranched alkanes of at least 4 members (excludes halogenated alkanes) is 3. The van der Waals surface area contributed by atoms with E-state index in [2.05, 4.69) is 66.7 Å².